The van der Waals surface area contributed by atoms with E-state index in [1.807, 2.05) is 24.3 Å². The molecular formula is C16H17ClN6. The van der Waals surface area contributed by atoms with Gasteiger partial charge in [-0.25, -0.2) is 9.97 Å². The van der Waals surface area contributed by atoms with Gasteiger partial charge in [-0.1, -0.05) is 29.8 Å². The molecule has 1 atom stereocenters. The third-order valence-corrected chi connectivity index (χ3v) is 4.67. The van der Waals surface area contributed by atoms with E-state index in [0.717, 1.165) is 42.1 Å². The second-order valence-electron chi connectivity index (χ2n) is 5.82. The first kappa shape index (κ1) is 14.4. The van der Waals surface area contributed by atoms with Crippen molar-refractivity contribution in [3.8, 4) is 11.3 Å². The van der Waals surface area contributed by atoms with Crippen LogP contribution in [0.15, 0.2) is 30.5 Å². The van der Waals surface area contributed by atoms with Crippen molar-refractivity contribution in [2.24, 2.45) is 11.7 Å². The molecule has 0 amide bonds. The second kappa shape index (κ2) is 5.79. The molecule has 0 saturated carbocycles. The van der Waals surface area contributed by atoms with Crippen LogP contribution in [0.4, 0.5) is 5.82 Å². The highest BCUT2D eigenvalue weighted by Gasteiger charge is 2.23. The number of nitrogens with two attached hydrogens (primary N) is 1. The average molecular weight is 329 g/mol. The van der Waals surface area contributed by atoms with Crippen LogP contribution in [0.2, 0.25) is 5.02 Å². The van der Waals surface area contributed by atoms with Crippen molar-refractivity contribution in [3.05, 3.63) is 35.5 Å². The lowest BCUT2D eigenvalue weighted by molar-refractivity contribution is 0.602. The van der Waals surface area contributed by atoms with Crippen LogP contribution in [0.25, 0.3) is 22.4 Å². The fourth-order valence-corrected chi connectivity index (χ4v) is 3.25. The van der Waals surface area contributed by atoms with Crippen molar-refractivity contribution >= 4 is 28.6 Å². The Balaban J connectivity index is 1.71. The summed E-state index contributed by atoms with van der Waals surface area (Å²) in [6, 6.07) is 7.63. The predicted octanol–water partition coefficient (Wildman–Crippen LogP) is 2.46. The van der Waals surface area contributed by atoms with Gasteiger partial charge in [0, 0.05) is 18.7 Å². The van der Waals surface area contributed by atoms with Crippen molar-refractivity contribution in [1.82, 2.24) is 20.2 Å². The molecule has 1 aromatic carbocycles. The lowest BCUT2D eigenvalue weighted by Gasteiger charge is -2.16. The van der Waals surface area contributed by atoms with Gasteiger partial charge in [-0.15, -0.1) is 0 Å². The Morgan fingerprint density at radius 1 is 1.35 bits per heavy atom. The summed E-state index contributed by atoms with van der Waals surface area (Å²) in [6.45, 7) is 2.60. The van der Waals surface area contributed by atoms with Gasteiger partial charge in [-0.2, -0.15) is 5.10 Å². The van der Waals surface area contributed by atoms with Gasteiger partial charge < -0.3 is 10.6 Å². The summed E-state index contributed by atoms with van der Waals surface area (Å²) in [4.78, 5) is 11.4. The van der Waals surface area contributed by atoms with Gasteiger partial charge in [0.2, 0.25) is 5.65 Å². The van der Waals surface area contributed by atoms with Gasteiger partial charge in [-0.3, -0.25) is 5.10 Å². The summed E-state index contributed by atoms with van der Waals surface area (Å²) in [6.07, 6.45) is 2.90. The minimum absolute atomic E-state index is 0.533. The first-order valence-corrected chi connectivity index (χ1v) is 8.05. The molecule has 4 rings (SSSR count). The zero-order chi connectivity index (χ0) is 15.8. The van der Waals surface area contributed by atoms with Crippen LogP contribution in [-0.2, 0) is 0 Å². The maximum Gasteiger partial charge on any atom is 0.202 e. The molecule has 0 radical (unpaired) electrons. The fourth-order valence-electron chi connectivity index (χ4n) is 3.02. The number of rotatable bonds is 3. The van der Waals surface area contributed by atoms with E-state index >= 15 is 0 Å². The van der Waals surface area contributed by atoms with E-state index < -0.39 is 0 Å². The molecule has 6 nitrogen and oxygen atoms in total. The molecule has 1 fully saturated rings. The molecule has 3 aromatic rings. The van der Waals surface area contributed by atoms with Crippen LogP contribution in [0.5, 0.6) is 0 Å². The topological polar surface area (TPSA) is 83.7 Å². The van der Waals surface area contributed by atoms with E-state index in [1.54, 1.807) is 6.20 Å². The lowest BCUT2D eigenvalue weighted by atomic mass is 10.1. The molecule has 1 unspecified atom stereocenters. The summed E-state index contributed by atoms with van der Waals surface area (Å²) in [7, 11) is 0. The normalized spacial score (nSPS) is 18.0. The van der Waals surface area contributed by atoms with Crippen molar-refractivity contribution < 1.29 is 0 Å². The van der Waals surface area contributed by atoms with Crippen molar-refractivity contribution in [1.29, 1.82) is 0 Å². The molecule has 3 N–H and O–H groups in total. The van der Waals surface area contributed by atoms with Gasteiger partial charge in [0.25, 0.3) is 0 Å². The maximum absolute atomic E-state index is 6.27. The van der Waals surface area contributed by atoms with Crippen LogP contribution in [0, 0.1) is 5.92 Å². The molecule has 118 valence electrons. The van der Waals surface area contributed by atoms with E-state index in [9.17, 15) is 0 Å². The highest BCUT2D eigenvalue weighted by Crippen LogP contribution is 2.31. The quantitative estimate of drug-likeness (QED) is 0.771. The first-order valence-electron chi connectivity index (χ1n) is 7.67. The number of aromatic amines is 1. The number of hydrogen-bond acceptors (Lipinski definition) is 5. The Labute approximate surface area is 138 Å². The van der Waals surface area contributed by atoms with E-state index in [4.69, 9.17) is 17.3 Å². The lowest BCUT2D eigenvalue weighted by Crippen LogP contribution is -2.23. The number of fused-ring (bicyclic) bond motifs is 1. The Morgan fingerprint density at radius 2 is 2.22 bits per heavy atom. The summed E-state index contributed by atoms with van der Waals surface area (Å²) in [5.41, 5.74) is 8.77. The third-order valence-electron chi connectivity index (χ3n) is 4.34. The van der Waals surface area contributed by atoms with Crippen LogP contribution in [0.1, 0.15) is 6.42 Å². The highest BCUT2D eigenvalue weighted by molar-refractivity contribution is 6.33. The minimum Gasteiger partial charge on any atom is -0.355 e. The van der Waals surface area contributed by atoms with E-state index in [1.165, 1.54) is 0 Å². The number of anilines is 1. The Morgan fingerprint density at radius 3 is 3.00 bits per heavy atom. The third kappa shape index (κ3) is 2.54. The number of nitrogens with one attached hydrogen (secondary N) is 1. The molecular weight excluding hydrogens is 312 g/mol. The molecule has 1 aliphatic heterocycles. The van der Waals surface area contributed by atoms with Crippen LogP contribution in [-0.4, -0.2) is 39.8 Å². The van der Waals surface area contributed by atoms with Gasteiger partial charge >= 0.3 is 0 Å². The van der Waals surface area contributed by atoms with Gasteiger partial charge in [-0.05, 0) is 24.9 Å². The van der Waals surface area contributed by atoms with E-state index in [-0.39, 0.29) is 0 Å². The summed E-state index contributed by atoms with van der Waals surface area (Å²) in [5.74, 6) is 1.39. The van der Waals surface area contributed by atoms with Crippen LogP contribution < -0.4 is 10.6 Å². The first-order chi connectivity index (χ1) is 11.3. The largest absolute Gasteiger partial charge is 0.355 e. The van der Waals surface area contributed by atoms with Crippen molar-refractivity contribution in [2.75, 3.05) is 24.5 Å². The van der Waals surface area contributed by atoms with Crippen LogP contribution in [0.3, 0.4) is 0 Å². The van der Waals surface area contributed by atoms with Gasteiger partial charge in [0.05, 0.1) is 16.9 Å². The molecule has 0 spiro atoms. The smallest absolute Gasteiger partial charge is 0.202 e. The second-order valence-corrected chi connectivity index (χ2v) is 6.22. The Hall–Kier alpha value is -2.18. The molecule has 7 heteroatoms. The van der Waals surface area contributed by atoms with Crippen molar-refractivity contribution in [3.63, 3.8) is 0 Å². The molecule has 2 aromatic heterocycles. The standard InChI is InChI=1S/C16H17ClN6/c17-12-4-2-1-3-11(12)14-15-16(22-21-14)20-13(8-19-15)23-6-5-10(7-18)9-23/h1-4,8,10H,5-7,9,18H2,(H,20,21,22). The van der Waals surface area contributed by atoms with Gasteiger partial charge in [0.15, 0.2) is 0 Å². The Kier molecular flexibility index (Phi) is 3.63. The molecule has 3 heterocycles. The molecule has 23 heavy (non-hydrogen) atoms. The van der Waals surface area contributed by atoms with Gasteiger partial charge in [0.1, 0.15) is 11.3 Å². The maximum atomic E-state index is 6.27. The summed E-state index contributed by atoms with van der Waals surface area (Å²) >= 11 is 6.27. The minimum atomic E-state index is 0.533. The monoisotopic (exact) mass is 328 g/mol. The number of halogens is 1. The number of aromatic nitrogens is 4. The number of H-pyrrole nitrogens is 1. The summed E-state index contributed by atoms with van der Waals surface area (Å²) < 4.78 is 0. The molecule has 1 aliphatic rings. The zero-order valence-electron chi connectivity index (χ0n) is 12.5. The SMILES string of the molecule is NCC1CCN(c2cnc3c(-c4ccccc4Cl)[nH]nc3n2)C1. The zero-order valence-corrected chi connectivity index (χ0v) is 13.3. The summed E-state index contributed by atoms with van der Waals surface area (Å²) in [5, 5.41) is 7.97. The van der Waals surface area contributed by atoms with Crippen molar-refractivity contribution in [2.45, 2.75) is 6.42 Å². The number of nitrogens with zero attached hydrogens (tertiary/aromatic N) is 4. The average Bonchev–Trinajstić information content (AvgIpc) is 3.21. The van der Waals surface area contributed by atoms with E-state index in [0.29, 0.717) is 23.1 Å². The number of benzene rings is 1. The Bertz CT molecular complexity index is 845. The predicted molar refractivity (Wildman–Crippen MR) is 91.5 cm³/mol. The van der Waals surface area contributed by atoms with E-state index in [2.05, 4.69) is 25.1 Å². The van der Waals surface area contributed by atoms with Crippen LogP contribution >= 0.6 is 11.6 Å². The molecule has 0 bridgehead atoms. The number of hydrogen-bond donors (Lipinski definition) is 2. The highest BCUT2D eigenvalue weighted by atomic mass is 35.5. The fraction of sp³-hybridized carbons (Fsp3) is 0.312. The molecule has 0 aliphatic carbocycles. The molecule has 1 saturated heterocycles.